The van der Waals surface area contributed by atoms with Crippen molar-refractivity contribution in [2.75, 3.05) is 47.0 Å². The lowest BCUT2D eigenvalue weighted by Gasteiger charge is -2.38. The standard InChI is InChI=1S/C27H40N4O6SSi/c1-19-5-8-24(27(34)31(19)22-9-13-37-20(2)17-22)28-26(33)23-7-6-21(29-38(35,36)14-12-32)18-25(23)30-10-15-39(3,4)16-11-30/h5-8,18,20,22,29,32H,9-17H2,1-4H3,(H,28,33). The second kappa shape index (κ2) is 11.8. The molecule has 0 spiro atoms. The van der Waals surface area contributed by atoms with Crippen molar-refractivity contribution in [1.29, 1.82) is 0 Å². The van der Waals surface area contributed by atoms with E-state index in [0.717, 1.165) is 43.7 Å². The summed E-state index contributed by atoms with van der Waals surface area (Å²) in [5, 5.41) is 11.9. The maximum atomic E-state index is 13.6. The number of ether oxygens (including phenoxy) is 1. The van der Waals surface area contributed by atoms with Crippen LogP contribution in [0.1, 0.15) is 41.9 Å². The summed E-state index contributed by atoms with van der Waals surface area (Å²) in [6.45, 7) is 10.2. The lowest BCUT2D eigenvalue weighted by molar-refractivity contribution is 0.00494. The zero-order chi connectivity index (χ0) is 28.4. The molecule has 2 saturated heterocycles. The molecule has 2 aromatic rings. The number of carbonyl (C=O) groups excluding carboxylic acids is 1. The van der Waals surface area contributed by atoms with Crippen molar-refractivity contribution in [2.45, 2.75) is 64.0 Å². The van der Waals surface area contributed by atoms with Crippen molar-refractivity contribution in [3.8, 4) is 0 Å². The summed E-state index contributed by atoms with van der Waals surface area (Å²) >= 11 is 0. The largest absolute Gasteiger partial charge is 0.395 e. The SMILES string of the molecule is Cc1ccc(NC(=O)c2ccc(NS(=O)(=O)CCO)cc2N2CC[Si](C)(C)CC2)c(=O)n1C1CCOC(C)C1. The second-order valence-electron chi connectivity index (χ2n) is 11.4. The van der Waals surface area contributed by atoms with E-state index in [1.807, 2.05) is 19.9 Å². The van der Waals surface area contributed by atoms with Gasteiger partial charge in [0.05, 0.1) is 43.5 Å². The summed E-state index contributed by atoms with van der Waals surface area (Å²) in [6.07, 6.45) is 1.51. The van der Waals surface area contributed by atoms with Gasteiger partial charge in [-0.05, 0) is 69.1 Å². The van der Waals surface area contributed by atoms with E-state index in [4.69, 9.17) is 9.84 Å². The van der Waals surface area contributed by atoms with Crippen molar-refractivity contribution in [3.05, 3.63) is 51.9 Å². The lowest BCUT2D eigenvalue weighted by Crippen LogP contribution is -2.43. The second-order valence-corrected chi connectivity index (χ2v) is 18.6. The summed E-state index contributed by atoms with van der Waals surface area (Å²) in [6, 6.07) is 10.4. The van der Waals surface area contributed by atoms with Gasteiger partial charge in [-0.1, -0.05) is 13.1 Å². The van der Waals surface area contributed by atoms with Gasteiger partial charge < -0.3 is 24.6 Å². The summed E-state index contributed by atoms with van der Waals surface area (Å²) < 4.78 is 34.5. The molecule has 12 heteroatoms. The summed E-state index contributed by atoms with van der Waals surface area (Å²) in [7, 11) is -5.04. The molecular formula is C27H40N4O6SSi. The first kappa shape index (κ1) is 29.3. The molecule has 10 nitrogen and oxygen atoms in total. The Bertz CT molecular complexity index is 1370. The van der Waals surface area contributed by atoms with Crippen LogP contribution in [-0.2, 0) is 14.8 Å². The van der Waals surface area contributed by atoms with Gasteiger partial charge in [-0.15, -0.1) is 0 Å². The molecule has 0 aliphatic carbocycles. The highest BCUT2D eigenvalue weighted by Crippen LogP contribution is 2.32. The maximum Gasteiger partial charge on any atom is 0.274 e. The monoisotopic (exact) mass is 576 g/mol. The van der Waals surface area contributed by atoms with Crippen LogP contribution >= 0.6 is 0 Å². The number of hydrogen-bond donors (Lipinski definition) is 3. The van der Waals surface area contributed by atoms with Gasteiger partial charge in [0.25, 0.3) is 11.5 Å². The van der Waals surface area contributed by atoms with E-state index in [-0.39, 0.29) is 23.4 Å². The Kier molecular flexibility index (Phi) is 8.89. The highest BCUT2D eigenvalue weighted by atomic mass is 32.2. The lowest BCUT2D eigenvalue weighted by atomic mass is 10.0. The molecule has 3 N–H and O–H groups in total. The van der Waals surface area contributed by atoms with Crippen LogP contribution in [0.15, 0.2) is 35.1 Å². The van der Waals surface area contributed by atoms with Crippen LogP contribution in [0.25, 0.3) is 0 Å². The molecule has 0 radical (unpaired) electrons. The van der Waals surface area contributed by atoms with Crippen molar-refractivity contribution in [2.24, 2.45) is 0 Å². The van der Waals surface area contributed by atoms with Crippen LogP contribution in [0.5, 0.6) is 0 Å². The van der Waals surface area contributed by atoms with Gasteiger partial charge in [0, 0.05) is 31.4 Å². The Hall–Kier alpha value is -2.67. The molecule has 3 heterocycles. The number of nitrogens with zero attached hydrogens (tertiary/aromatic N) is 2. The Morgan fingerprint density at radius 3 is 2.56 bits per heavy atom. The number of rotatable bonds is 8. The molecule has 2 unspecified atom stereocenters. The van der Waals surface area contributed by atoms with Crippen LogP contribution in [0.3, 0.4) is 0 Å². The number of nitrogens with one attached hydrogen (secondary N) is 2. The maximum absolute atomic E-state index is 13.6. The van der Waals surface area contributed by atoms with E-state index in [1.54, 1.807) is 22.8 Å². The third kappa shape index (κ3) is 7.10. The molecule has 4 rings (SSSR count). The molecule has 0 bridgehead atoms. The first-order valence-corrected chi connectivity index (χ1v) is 18.6. The van der Waals surface area contributed by atoms with Crippen molar-refractivity contribution in [1.82, 2.24) is 4.57 Å². The predicted molar refractivity (Wildman–Crippen MR) is 157 cm³/mol. The van der Waals surface area contributed by atoms with Crippen LogP contribution in [0, 0.1) is 6.92 Å². The van der Waals surface area contributed by atoms with Crippen LogP contribution < -0.4 is 20.5 Å². The zero-order valence-corrected chi connectivity index (χ0v) is 25.0. The quantitative estimate of drug-likeness (QED) is 0.411. The number of aryl methyl sites for hydroxylation is 1. The molecule has 0 saturated carbocycles. The van der Waals surface area contributed by atoms with Crippen LogP contribution in [0.4, 0.5) is 17.1 Å². The third-order valence-electron chi connectivity index (χ3n) is 7.72. The number of hydrogen-bond acceptors (Lipinski definition) is 7. The van der Waals surface area contributed by atoms with Gasteiger partial charge in [-0.25, -0.2) is 8.42 Å². The molecule has 1 aromatic carbocycles. The number of aliphatic hydroxyl groups is 1. The number of carbonyl (C=O) groups is 1. The first-order chi connectivity index (χ1) is 18.4. The number of amides is 1. The van der Waals surface area contributed by atoms with E-state index in [0.29, 0.717) is 23.5 Å². The molecular weight excluding hydrogens is 536 g/mol. The van der Waals surface area contributed by atoms with Crippen molar-refractivity contribution >= 4 is 41.1 Å². The van der Waals surface area contributed by atoms with Crippen molar-refractivity contribution < 1.29 is 23.1 Å². The highest BCUT2D eigenvalue weighted by molar-refractivity contribution is 7.92. The normalized spacial score (nSPS) is 21.4. The summed E-state index contributed by atoms with van der Waals surface area (Å²) in [4.78, 5) is 29.2. The molecule has 2 fully saturated rings. The molecule has 214 valence electrons. The van der Waals surface area contributed by atoms with E-state index in [2.05, 4.69) is 28.0 Å². The van der Waals surface area contributed by atoms with Crippen LogP contribution in [0.2, 0.25) is 25.2 Å². The van der Waals surface area contributed by atoms with E-state index in [1.165, 1.54) is 6.07 Å². The Labute approximate surface area is 231 Å². The number of pyridine rings is 1. The number of aromatic nitrogens is 1. The van der Waals surface area contributed by atoms with Gasteiger partial charge in [-0.3, -0.25) is 14.3 Å². The number of aliphatic hydroxyl groups excluding tert-OH is 1. The Morgan fingerprint density at radius 2 is 1.90 bits per heavy atom. The Morgan fingerprint density at radius 1 is 1.18 bits per heavy atom. The summed E-state index contributed by atoms with van der Waals surface area (Å²) in [5.41, 5.74) is 2.10. The molecule has 2 aliphatic heterocycles. The Balaban J connectivity index is 1.65. The van der Waals surface area contributed by atoms with Gasteiger partial charge in [0.1, 0.15) is 5.69 Å². The van der Waals surface area contributed by atoms with Gasteiger partial charge >= 0.3 is 0 Å². The van der Waals surface area contributed by atoms with Crippen molar-refractivity contribution in [3.63, 3.8) is 0 Å². The number of anilines is 3. The third-order valence-corrected chi connectivity index (χ3v) is 12.1. The fraction of sp³-hybridized carbons (Fsp3) is 0.556. The number of benzene rings is 1. The fourth-order valence-electron chi connectivity index (χ4n) is 5.35. The van der Waals surface area contributed by atoms with Gasteiger partial charge in [0.15, 0.2) is 0 Å². The summed E-state index contributed by atoms with van der Waals surface area (Å²) in [5.74, 6) is -0.843. The molecule has 1 amide bonds. The molecule has 2 aliphatic rings. The van der Waals surface area contributed by atoms with E-state index < -0.39 is 36.4 Å². The first-order valence-electron chi connectivity index (χ1n) is 13.5. The highest BCUT2D eigenvalue weighted by Gasteiger charge is 2.30. The van der Waals surface area contributed by atoms with Gasteiger partial charge in [-0.2, -0.15) is 0 Å². The van der Waals surface area contributed by atoms with E-state index in [9.17, 15) is 18.0 Å². The average Bonchev–Trinajstić information content (AvgIpc) is 2.85. The molecule has 39 heavy (non-hydrogen) atoms. The minimum absolute atomic E-state index is 0.000705. The molecule has 2 atom stereocenters. The van der Waals surface area contributed by atoms with Crippen LogP contribution in [-0.4, -0.2) is 70.2 Å². The smallest absolute Gasteiger partial charge is 0.274 e. The number of sulfonamides is 1. The topological polar surface area (TPSA) is 130 Å². The average molecular weight is 577 g/mol. The fourth-order valence-corrected chi connectivity index (χ4v) is 8.17. The minimum atomic E-state index is -3.73. The minimum Gasteiger partial charge on any atom is -0.395 e. The molecule has 1 aromatic heterocycles. The predicted octanol–water partition coefficient (Wildman–Crippen LogP) is 3.41. The zero-order valence-electron chi connectivity index (χ0n) is 23.2. The van der Waals surface area contributed by atoms with E-state index >= 15 is 0 Å². The van der Waals surface area contributed by atoms with Gasteiger partial charge in [0.2, 0.25) is 10.0 Å².